The highest BCUT2D eigenvalue weighted by Crippen LogP contribution is 2.18. The Morgan fingerprint density at radius 3 is 2.53 bits per heavy atom. The molecule has 1 rings (SSSR count). The lowest BCUT2D eigenvalue weighted by Gasteiger charge is -2.09. The largest absolute Gasteiger partial charge is 0.493 e. The van der Waals surface area contributed by atoms with Gasteiger partial charge >= 0.3 is 0 Å². The van der Waals surface area contributed by atoms with Gasteiger partial charge in [-0.05, 0) is 24.5 Å². The van der Waals surface area contributed by atoms with Gasteiger partial charge in [0.2, 0.25) is 0 Å². The van der Waals surface area contributed by atoms with E-state index < -0.39 is 9.84 Å². The average Bonchev–Trinajstić information content (AvgIpc) is 2.35. The number of para-hydroxylation sites is 1. The van der Waals surface area contributed by atoms with E-state index in [2.05, 4.69) is 6.92 Å². The van der Waals surface area contributed by atoms with Gasteiger partial charge in [0.05, 0.1) is 12.4 Å². The second-order valence-corrected chi connectivity index (χ2v) is 6.37. The molecule has 0 saturated carbocycles. The number of sulfone groups is 1. The van der Waals surface area contributed by atoms with E-state index in [0.29, 0.717) is 13.0 Å². The summed E-state index contributed by atoms with van der Waals surface area (Å²) in [6.45, 7) is 4.20. The summed E-state index contributed by atoms with van der Waals surface area (Å²) in [5.74, 6) is 1.28. The molecular formula is C13H20O3S. The summed E-state index contributed by atoms with van der Waals surface area (Å²) in [5.41, 5.74) is 1.16. The van der Waals surface area contributed by atoms with Crippen LogP contribution in [0.25, 0.3) is 0 Å². The third-order valence-corrected chi connectivity index (χ3v) is 4.44. The average molecular weight is 256 g/mol. The van der Waals surface area contributed by atoms with Crippen LogP contribution in [0.3, 0.4) is 0 Å². The van der Waals surface area contributed by atoms with Gasteiger partial charge in [-0.2, -0.15) is 0 Å². The zero-order chi connectivity index (χ0) is 12.7. The van der Waals surface area contributed by atoms with Crippen molar-refractivity contribution in [3.05, 3.63) is 29.8 Å². The van der Waals surface area contributed by atoms with E-state index in [9.17, 15) is 8.42 Å². The lowest BCUT2D eigenvalue weighted by molar-refractivity contribution is 0.314. The molecule has 17 heavy (non-hydrogen) atoms. The Morgan fingerprint density at radius 2 is 1.88 bits per heavy atom. The molecule has 3 nitrogen and oxygen atoms in total. The molecule has 0 amide bonds. The predicted molar refractivity (Wildman–Crippen MR) is 70.3 cm³/mol. The molecule has 0 N–H and O–H groups in total. The number of rotatable bonds is 7. The van der Waals surface area contributed by atoms with Crippen molar-refractivity contribution >= 4 is 9.84 Å². The van der Waals surface area contributed by atoms with E-state index in [-0.39, 0.29) is 11.5 Å². The van der Waals surface area contributed by atoms with Gasteiger partial charge in [-0.15, -0.1) is 0 Å². The fraction of sp³-hybridized carbons (Fsp3) is 0.538. The van der Waals surface area contributed by atoms with Gasteiger partial charge in [-0.3, -0.25) is 0 Å². The van der Waals surface area contributed by atoms with Gasteiger partial charge in [-0.1, -0.05) is 32.0 Å². The first-order valence-electron chi connectivity index (χ1n) is 6.00. The Bertz CT molecular complexity index is 438. The Morgan fingerprint density at radius 1 is 1.18 bits per heavy atom. The van der Waals surface area contributed by atoms with Crippen LogP contribution in [0.5, 0.6) is 5.75 Å². The molecule has 0 radical (unpaired) electrons. The third-order valence-electron chi connectivity index (χ3n) is 2.65. The third kappa shape index (κ3) is 4.77. The van der Waals surface area contributed by atoms with Crippen molar-refractivity contribution in [2.24, 2.45) is 0 Å². The van der Waals surface area contributed by atoms with E-state index in [1.807, 2.05) is 24.3 Å². The van der Waals surface area contributed by atoms with Gasteiger partial charge in [0, 0.05) is 5.75 Å². The summed E-state index contributed by atoms with van der Waals surface area (Å²) >= 11 is 0. The Labute approximate surface area is 104 Å². The molecule has 1 aromatic carbocycles. The van der Waals surface area contributed by atoms with Crippen LogP contribution in [0.1, 0.15) is 25.8 Å². The number of hydrogen-bond donors (Lipinski definition) is 0. The molecular weight excluding hydrogens is 236 g/mol. The first-order valence-corrected chi connectivity index (χ1v) is 7.82. The smallest absolute Gasteiger partial charge is 0.150 e. The van der Waals surface area contributed by atoms with Crippen molar-refractivity contribution in [3.8, 4) is 5.75 Å². The van der Waals surface area contributed by atoms with Crippen LogP contribution >= 0.6 is 0 Å². The lowest BCUT2D eigenvalue weighted by atomic mass is 10.1. The molecule has 0 aromatic heterocycles. The zero-order valence-corrected chi connectivity index (χ0v) is 11.3. The van der Waals surface area contributed by atoms with Gasteiger partial charge in [0.15, 0.2) is 0 Å². The minimum Gasteiger partial charge on any atom is -0.493 e. The van der Waals surface area contributed by atoms with Crippen molar-refractivity contribution in [2.75, 3.05) is 18.1 Å². The monoisotopic (exact) mass is 256 g/mol. The first-order chi connectivity index (χ1) is 8.09. The Kier molecular flexibility index (Phi) is 5.48. The molecule has 0 fully saturated rings. The number of hydrogen-bond acceptors (Lipinski definition) is 3. The van der Waals surface area contributed by atoms with Crippen LogP contribution in [0, 0.1) is 0 Å². The van der Waals surface area contributed by atoms with Crippen molar-refractivity contribution in [2.45, 2.75) is 26.7 Å². The molecule has 0 atom stereocenters. The summed E-state index contributed by atoms with van der Waals surface area (Å²) in [6, 6.07) is 7.86. The molecule has 0 aliphatic heterocycles. The van der Waals surface area contributed by atoms with Gasteiger partial charge in [0.1, 0.15) is 15.6 Å². The minimum atomic E-state index is -2.87. The minimum absolute atomic E-state index is 0.206. The highest BCUT2D eigenvalue weighted by atomic mass is 32.2. The molecule has 0 saturated heterocycles. The summed E-state index contributed by atoms with van der Waals surface area (Å²) < 4.78 is 28.2. The zero-order valence-electron chi connectivity index (χ0n) is 10.5. The second-order valence-electron chi connectivity index (χ2n) is 3.90. The van der Waals surface area contributed by atoms with Crippen LogP contribution in [-0.2, 0) is 16.3 Å². The molecule has 96 valence electrons. The van der Waals surface area contributed by atoms with Gasteiger partial charge in [0.25, 0.3) is 0 Å². The molecule has 0 aliphatic carbocycles. The molecule has 4 heteroatoms. The first kappa shape index (κ1) is 14.0. The van der Waals surface area contributed by atoms with E-state index in [0.717, 1.165) is 17.7 Å². The highest BCUT2D eigenvalue weighted by molar-refractivity contribution is 7.91. The maximum atomic E-state index is 11.3. The normalized spacial score (nSPS) is 11.4. The topological polar surface area (TPSA) is 43.4 Å². The summed E-state index contributed by atoms with van der Waals surface area (Å²) in [7, 11) is -2.87. The molecule has 0 bridgehead atoms. The SMILES string of the molecule is CCc1ccccc1OCCCS(=O)(=O)CC. The molecule has 0 heterocycles. The van der Waals surface area contributed by atoms with Crippen molar-refractivity contribution in [1.82, 2.24) is 0 Å². The summed E-state index contributed by atoms with van der Waals surface area (Å²) in [5, 5.41) is 0. The number of benzene rings is 1. The maximum Gasteiger partial charge on any atom is 0.150 e. The summed E-state index contributed by atoms with van der Waals surface area (Å²) in [6.07, 6.45) is 1.47. The quantitative estimate of drug-likeness (QED) is 0.704. The molecule has 1 aromatic rings. The van der Waals surface area contributed by atoms with Crippen LogP contribution in [0.4, 0.5) is 0 Å². The fourth-order valence-electron chi connectivity index (χ4n) is 1.54. The molecule has 0 unspecified atom stereocenters. The van der Waals surface area contributed by atoms with Crippen LogP contribution in [0.15, 0.2) is 24.3 Å². The van der Waals surface area contributed by atoms with E-state index in [4.69, 9.17) is 4.74 Å². The van der Waals surface area contributed by atoms with E-state index in [1.54, 1.807) is 6.92 Å². The van der Waals surface area contributed by atoms with Crippen LogP contribution in [0.2, 0.25) is 0 Å². The Balaban J connectivity index is 2.41. The van der Waals surface area contributed by atoms with Crippen LogP contribution < -0.4 is 4.74 Å². The number of aryl methyl sites for hydroxylation is 1. The standard InChI is InChI=1S/C13H20O3S/c1-3-12-8-5-6-9-13(12)16-10-7-11-17(14,15)4-2/h5-6,8-9H,3-4,7,10-11H2,1-2H3. The second kappa shape index (κ2) is 6.64. The molecule has 0 aliphatic rings. The summed E-state index contributed by atoms with van der Waals surface area (Å²) in [4.78, 5) is 0. The fourth-order valence-corrected chi connectivity index (χ4v) is 2.39. The highest BCUT2D eigenvalue weighted by Gasteiger charge is 2.07. The maximum absolute atomic E-state index is 11.3. The van der Waals surface area contributed by atoms with Crippen molar-refractivity contribution in [3.63, 3.8) is 0 Å². The van der Waals surface area contributed by atoms with Crippen molar-refractivity contribution < 1.29 is 13.2 Å². The van der Waals surface area contributed by atoms with Gasteiger partial charge in [-0.25, -0.2) is 8.42 Å². The lowest BCUT2D eigenvalue weighted by Crippen LogP contribution is -2.12. The van der Waals surface area contributed by atoms with Crippen LogP contribution in [-0.4, -0.2) is 26.5 Å². The van der Waals surface area contributed by atoms with Gasteiger partial charge < -0.3 is 4.74 Å². The van der Waals surface area contributed by atoms with E-state index >= 15 is 0 Å². The predicted octanol–water partition coefficient (Wildman–Crippen LogP) is 2.45. The number of ether oxygens (including phenoxy) is 1. The van der Waals surface area contributed by atoms with Crippen molar-refractivity contribution in [1.29, 1.82) is 0 Å². The Hall–Kier alpha value is -1.03. The molecule has 0 spiro atoms. The van der Waals surface area contributed by atoms with E-state index in [1.165, 1.54) is 0 Å².